The van der Waals surface area contributed by atoms with Gasteiger partial charge >= 0.3 is 0 Å². The van der Waals surface area contributed by atoms with Gasteiger partial charge in [-0.05, 0) is 49.2 Å². The van der Waals surface area contributed by atoms with Gasteiger partial charge in [-0.15, -0.1) is 0 Å². The number of hydrogen-bond acceptors (Lipinski definition) is 5. The Balaban J connectivity index is 1.55. The zero-order valence-corrected chi connectivity index (χ0v) is 15.2. The Morgan fingerprint density at radius 3 is 2.78 bits per heavy atom. The van der Waals surface area contributed by atoms with Crippen LogP contribution < -0.4 is 14.8 Å². The van der Waals surface area contributed by atoms with E-state index in [-0.39, 0.29) is 24.7 Å². The summed E-state index contributed by atoms with van der Waals surface area (Å²) in [6.45, 7) is 2.85. The number of carbonyl (C=O) groups excluding carboxylic acids is 1. The maximum Gasteiger partial charge on any atom is 0.258 e. The minimum atomic E-state index is -0.297. The van der Waals surface area contributed by atoms with Crippen molar-refractivity contribution in [1.29, 1.82) is 5.26 Å². The van der Waals surface area contributed by atoms with Crippen LogP contribution >= 0.6 is 0 Å². The van der Waals surface area contributed by atoms with Crippen molar-refractivity contribution in [1.82, 2.24) is 5.32 Å². The number of nitriles is 1. The van der Waals surface area contributed by atoms with E-state index < -0.39 is 0 Å². The normalized spacial score (nSPS) is 19.0. The molecule has 0 spiro atoms. The predicted molar refractivity (Wildman–Crippen MR) is 99.6 cm³/mol. The number of nitrogens with one attached hydrogen (secondary N) is 1. The summed E-state index contributed by atoms with van der Waals surface area (Å²) in [5, 5.41) is 11.9. The fourth-order valence-electron chi connectivity index (χ4n) is 2.89. The van der Waals surface area contributed by atoms with Gasteiger partial charge in [0.25, 0.3) is 5.91 Å². The summed E-state index contributed by atoms with van der Waals surface area (Å²) >= 11 is 0. The van der Waals surface area contributed by atoms with Crippen LogP contribution in [0.2, 0.25) is 0 Å². The zero-order chi connectivity index (χ0) is 19.1. The summed E-state index contributed by atoms with van der Waals surface area (Å²) in [6.07, 6.45) is 0.367. The Hall–Kier alpha value is -3.04. The first-order valence-corrected chi connectivity index (χ1v) is 8.88. The molecule has 0 bridgehead atoms. The molecule has 0 saturated carbocycles. The number of ether oxygens (including phenoxy) is 3. The van der Waals surface area contributed by atoms with Crippen LogP contribution in [-0.4, -0.2) is 37.9 Å². The van der Waals surface area contributed by atoms with E-state index in [0.717, 1.165) is 5.56 Å². The van der Waals surface area contributed by atoms with Crippen molar-refractivity contribution < 1.29 is 19.0 Å². The number of hydrogen-bond donors (Lipinski definition) is 1. The van der Waals surface area contributed by atoms with E-state index in [2.05, 4.69) is 11.4 Å². The van der Waals surface area contributed by atoms with Crippen molar-refractivity contribution in [2.75, 3.05) is 19.8 Å². The molecule has 27 heavy (non-hydrogen) atoms. The first kappa shape index (κ1) is 18.7. The highest BCUT2D eigenvalue weighted by molar-refractivity contribution is 5.78. The maximum atomic E-state index is 12.3. The molecule has 1 amide bonds. The van der Waals surface area contributed by atoms with Gasteiger partial charge in [0.15, 0.2) is 6.61 Å². The molecular weight excluding hydrogens is 344 g/mol. The van der Waals surface area contributed by atoms with Crippen LogP contribution in [0.1, 0.15) is 17.5 Å². The van der Waals surface area contributed by atoms with Crippen LogP contribution in [0.3, 0.4) is 0 Å². The second-order valence-electron chi connectivity index (χ2n) is 6.38. The average molecular weight is 366 g/mol. The van der Waals surface area contributed by atoms with Crippen molar-refractivity contribution in [2.45, 2.75) is 25.5 Å². The van der Waals surface area contributed by atoms with Gasteiger partial charge in [0.2, 0.25) is 0 Å². The Morgan fingerprint density at radius 1 is 1.26 bits per heavy atom. The third-order valence-corrected chi connectivity index (χ3v) is 4.37. The third kappa shape index (κ3) is 5.22. The Kier molecular flexibility index (Phi) is 6.29. The van der Waals surface area contributed by atoms with Gasteiger partial charge in [-0.1, -0.05) is 18.2 Å². The lowest BCUT2D eigenvalue weighted by atomic mass is 10.1. The van der Waals surface area contributed by atoms with Crippen molar-refractivity contribution >= 4 is 5.91 Å². The molecule has 2 atom stereocenters. The van der Waals surface area contributed by atoms with Crippen LogP contribution in [0, 0.1) is 18.3 Å². The minimum absolute atomic E-state index is 0.0498. The van der Waals surface area contributed by atoms with Crippen LogP contribution in [0.4, 0.5) is 0 Å². The number of aryl methyl sites for hydroxylation is 1. The van der Waals surface area contributed by atoms with Gasteiger partial charge in [-0.2, -0.15) is 5.26 Å². The van der Waals surface area contributed by atoms with E-state index in [1.165, 1.54) is 0 Å². The molecule has 140 valence electrons. The first-order chi connectivity index (χ1) is 13.2. The molecule has 1 heterocycles. The molecule has 6 nitrogen and oxygen atoms in total. The molecule has 1 aliphatic rings. The van der Waals surface area contributed by atoms with Gasteiger partial charge in [0, 0.05) is 6.61 Å². The number of benzene rings is 2. The number of rotatable bonds is 6. The summed E-state index contributed by atoms with van der Waals surface area (Å²) in [6, 6.07) is 16.4. The minimum Gasteiger partial charge on any atom is -0.486 e. The molecule has 2 aromatic carbocycles. The molecule has 2 aromatic rings. The highest BCUT2D eigenvalue weighted by Gasteiger charge is 2.29. The largest absolute Gasteiger partial charge is 0.486 e. The van der Waals surface area contributed by atoms with Crippen molar-refractivity contribution in [3.05, 3.63) is 59.7 Å². The molecule has 1 saturated heterocycles. The lowest BCUT2D eigenvalue weighted by Crippen LogP contribution is -2.52. The quantitative estimate of drug-likeness (QED) is 0.850. The lowest BCUT2D eigenvalue weighted by Gasteiger charge is -2.32. The van der Waals surface area contributed by atoms with Crippen LogP contribution in [0.25, 0.3) is 0 Å². The molecule has 0 radical (unpaired) electrons. The van der Waals surface area contributed by atoms with Gasteiger partial charge < -0.3 is 19.5 Å². The van der Waals surface area contributed by atoms with Crippen molar-refractivity contribution in [2.24, 2.45) is 0 Å². The highest BCUT2D eigenvalue weighted by atomic mass is 16.5. The molecular formula is C21H22N2O4. The Bertz CT molecular complexity index is 814. The third-order valence-electron chi connectivity index (χ3n) is 4.37. The second kappa shape index (κ2) is 9.06. The molecule has 1 N–H and O–H groups in total. The van der Waals surface area contributed by atoms with Gasteiger partial charge in [0.1, 0.15) is 17.6 Å². The van der Waals surface area contributed by atoms with Crippen molar-refractivity contribution in [3.63, 3.8) is 0 Å². The molecule has 0 aliphatic carbocycles. The number of carbonyl (C=O) groups is 1. The summed E-state index contributed by atoms with van der Waals surface area (Å²) in [4.78, 5) is 12.3. The molecule has 1 fully saturated rings. The molecule has 6 heteroatoms. The monoisotopic (exact) mass is 366 g/mol. The standard InChI is InChI=1S/C21H22N2O4/c1-15-4-2-3-5-19(15)26-14-21(24)23-18-10-11-25-13-20(18)27-17-8-6-16(12-22)7-9-17/h2-9,18,20H,10-11,13-14H2,1H3,(H,23,24)/t18-,20-/m1/s1. The average Bonchev–Trinajstić information content (AvgIpc) is 2.69. The van der Waals surface area contributed by atoms with E-state index in [1.54, 1.807) is 24.3 Å². The molecule has 3 rings (SSSR count). The zero-order valence-electron chi connectivity index (χ0n) is 15.2. The van der Waals surface area contributed by atoms with Crippen LogP contribution in [-0.2, 0) is 9.53 Å². The topological polar surface area (TPSA) is 80.6 Å². The van der Waals surface area contributed by atoms with E-state index in [1.807, 2.05) is 31.2 Å². The van der Waals surface area contributed by atoms with E-state index in [9.17, 15) is 4.79 Å². The van der Waals surface area contributed by atoms with E-state index >= 15 is 0 Å². The Morgan fingerprint density at radius 2 is 2.04 bits per heavy atom. The van der Waals surface area contributed by atoms with Gasteiger partial charge in [0.05, 0.1) is 24.3 Å². The molecule has 0 aromatic heterocycles. The summed E-state index contributed by atoms with van der Waals surface area (Å²) in [5.74, 6) is 1.14. The summed E-state index contributed by atoms with van der Waals surface area (Å²) < 4.78 is 17.1. The molecule has 0 unspecified atom stereocenters. The first-order valence-electron chi connectivity index (χ1n) is 8.88. The fourth-order valence-corrected chi connectivity index (χ4v) is 2.89. The fraction of sp³-hybridized carbons (Fsp3) is 0.333. The van der Waals surface area contributed by atoms with Crippen LogP contribution in [0.15, 0.2) is 48.5 Å². The summed E-state index contributed by atoms with van der Waals surface area (Å²) in [7, 11) is 0. The Labute approximate surface area is 158 Å². The number of amides is 1. The van der Waals surface area contributed by atoms with Crippen molar-refractivity contribution in [3.8, 4) is 17.6 Å². The van der Waals surface area contributed by atoms with Gasteiger partial charge in [-0.3, -0.25) is 4.79 Å². The van der Waals surface area contributed by atoms with Gasteiger partial charge in [-0.25, -0.2) is 0 Å². The number of nitrogens with zero attached hydrogens (tertiary/aromatic N) is 1. The number of para-hydroxylation sites is 1. The maximum absolute atomic E-state index is 12.3. The summed E-state index contributed by atoms with van der Waals surface area (Å²) in [5.41, 5.74) is 1.55. The van der Waals surface area contributed by atoms with Crippen LogP contribution in [0.5, 0.6) is 11.5 Å². The SMILES string of the molecule is Cc1ccccc1OCC(=O)N[C@@H]1CCOC[C@H]1Oc1ccc(C#N)cc1. The van der Waals surface area contributed by atoms with E-state index in [0.29, 0.717) is 36.7 Å². The second-order valence-corrected chi connectivity index (χ2v) is 6.38. The molecule has 1 aliphatic heterocycles. The smallest absolute Gasteiger partial charge is 0.258 e. The van der Waals surface area contributed by atoms with E-state index in [4.69, 9.17) is 19.5 Å². The highest BCUT2D eigenvalue weighted by Crippen LogP contribution is 2.19. The lowest BCUT2D eigenvalue weighted by molar-refractivity contribution is -0.126. The predicted octanol–water partition coefficient (Wildman–Crippen LogP) is 2.60.